The Bertz CT molecular complexity index is 1490. The van der Waals surface area contributed by atoms with Crippen LogP contribution >= 0.6 is 11.6 Å². The second kappa shape index (κ2) is 8.29. The zero-order valence-corrected chi connectivity index (χ0v) is 19.5. The highest BCUT2D eigenvalue weighted by atomic mass is 35.5. The van der Waals surface area contributed by atoms with Crippen molar-refractivity contribution in [3.63, 3.8) is 0 Å². The SMILES string of the molecule is COc1ccc(N2C(=O)c3oc4ccc(F)cc4c(=O)c3C2c2ccc(C(C)C)cc2)cc1Cl. The molecule has 1 aliphatic heterocycles. The predicted molar refractivity (Wildman–Crippen MR) is 130 cm³/mol. The number of nitrogens with zero attached hydrogens (tertiary/aromatic N) is 1. The van der Waals surface area contributed by atoms with Crippen LogP contribution in [0.3, 0.4) is 0 Å². The van der Waals surface area contributed by atoms with Crippen LogP contribution in [0.4, 0.5) is 10.1 Å². The lowest BCUT2D eigenvalue weighted by Crippen LogP contribution is -2.29. The maximum atomic E-state index is 14.0. The number of rotatable bonds is 4. The van der Waals surface area contributed by atoms with E-state index >= 15 is 0 Å². The smallest absolute Gasteiger partial charge is 0.295 e. The van der Waals surface area contributed by atoms with E-state index in [1.165, 1.54) is 24.1 Å². The van der Waals surface area contributed by atoms with Crippen molar-refractivity contribution in [3.05, 3.63) is 104 Å². The van der Waals surface area contributed by atoms with Gasteiger partial charge in [0.1, 0.15) is 17.1 Å². The zero-order chi connectivity index (χ0) is 24.1. The molecule has 0 fully saturated rings. The number of ether oxygens (including phenoxy) is 1. The van der Waals surface area contributed by atoms with Crippen molar-refractivity contribution in [2.75, 3.05) is 12.0 Å². The topological polar surface area (TPSA) is 59.8 Å². The van der Waals surface area contributed by atoms with Gasteiger partial charge in [-0.2, -0.15) is 0 Å². The molecular formula is C27H21ClFNO4. The molecule has 0 bridgehead atoms. The van der Waals surface area contributed by atoms with E-state index in [0.29, 0.717) is 22.4 Å². The van der Waals surface area contributed by atoms with E-state index in [4.69, 9.17) is 20.8 Å². The number of hydrogen-bond acceptors (Lipinski definition) is 4. The molecule has 0 saturated carbocycles. The predicted octanol–water partition coefficient (Wildman–Crippen LogP) is 6.47. The van der Waals surface area contributed by atoms with Gasteiger partial charge in [-0.1, -0.05) is 49.7 Å². The number of amides is 1. The Morgan fingerprint density at radius 3 is 2.41 bits per heavy atom. The van der Waals surface area contributed by atoms with E-state index in [1.807, 2.05) is 24.3 Å². The van der Waals surface area contributed by atoms with Crippen LogP contribution in [0, 0.1) is 5.82 Å². The van der Waals surface area contributed by atoms with Gasteiger partial charge in [0.2, 0.25) is 5.76 Å². The number of hydrogen-bond donors (Lipinski definition) is 0. The van der Waals surface area contributed by atoms with Crippen LogP contribution in [-0.4, -0.2) is 13.0 Å². The van der Waals surface area contributed by atoms with Gasteiger partial charge >= 0.3 is 0 Å². The number of carbonyl (C=O) groups excluding carboxylic acids is 1. The molecule has 4 aromatic rings. The summed E-state index contributed by atoms with van der Waals surface area (Å²) in [7, 11) is 1.50. The van der Waals surface area contributed by atoms with Crippen LogP contribution in [0.25, 0.3) is 11.0 Å². The molecule has 34 heavy (non-hydrogen) atoms. The first-order valence-electron chi connectivity index (χ1n) is 10.8. The van der Waals surface area contributed by atoms with Gasteiger partial charge in [-0.15, -0.1) is 0 Å². The van der Waals surface area contributed by atoms with E-state index in [0.717, 1.165) is 17.2 Å². The fourth-order valence-corrected chi connectivity index (χ4v) is 4.65. The van der Waals surface area contributed by atoms with E-state index < -0.39 is 23.2 Å². The Kier molecular flexibility index (Phi) is 5.41. The molecule has 1 aromatic heterocycles. The summed E-state index contributed by atoms with van der Waals surface area (Å²) >= 11 is 6.36. The molecule has 1 atom stereocenters. The van der Waals surface area contributed by atoms with Gasteiger partial charge in [0.05, 0.1) is 29.1 Å². The van der Waals surface area contributed by atoms with E-state index in [-0.39, 0.29) is 22.3 Å². The highest BCUT2D eigenvalue weighted by molar-refractivity contribution is 6.32. The van der Waals surface area contributed by atoms with Crippen LogP contribution in [0.5, 0.6) is 5.75 Å². The highest BCUT2D eigenvalue weighted by Gasteiger charge is 2.43. The molecule has 7 heteroatoms. The van der Waals surface area contributed by atoms with Crippen LogP contribution < -0.4 is 15.1 Å². The third-order valence-corrected chi connectivity index (χ3v) is 6.46. The van der Waals surface area contributed by atoms with Crippen molar-refractivity contribution in [1.29, 1.82) is 0 Å². The first kappa shape index (κ1) is 22.2. The molecular weight excluding hydrogens is 457 g/mol. The zero-order valence-electron chi connectivity index (χ0n) is 18.8. The van der Waals surface area contributed by atoms with Crippen molar-refractivity contribution >= 4 is 34.2 Å². The molecule has 0 saturated heterocycles. The summed E-state index contributed by atoms with van der Waals surface area (Å²) in [5.41, 5.74) is 2.22. The van der Waals surface area contributed by atoms with E-state index in [1.54, 1.807) is 18.2 Å². The molecule has 0 spiro atoms. The lowest BCUT2D eigenvalue weighted by Gasteiger charge is -2.26. The first-order chi connectivity index (χ1) is 16.3. The number of fused-ring (bicyclic) bond motifs is 2. The first-order valence-corrected chi connectivity index (χ1v) is 11.2. The molecule has 1 aliphatic rings. The number of benzene rings is 3. The third-order valence-electron chi connectivity index (χ3n) is 6.16. The summed E-state index contributed by atoms with van der Waals surface area (Å²) < 4.78 is 25.1. The van der Waals surface area contributed by atoms with Gasteiger partial charge in [-0.3, -0.25) is 14.5 Å². The summed E-state index contributed by atoms with van der Waals surface area (Å²) in [5.74, 6) is -0.310. The normalized spacial score (nSPS) is 15.3. The van der Waals surface area contributed by atoms with Gasteiger partial charge in [0.25, 0.3) is 5.91 Å². The lowest BCUT2D eigenvalue weighted by atomic mass is 9.95. The fraction of sp³-hybridized carbons (Fsp3) is 0.185. The average Bonchev–Trinajstić information content (AvgIpc) is 3.12. The highest BCUT2D eigenvalue weighted by Crippen LogP contribution is 2.43. The minimum Gasteiger partial charge on any atom is -0.495 e. The molecule has 0 aliphatic carbocycles. The molecule has 1 unspecified atom stereocenters. The lowest BCUT2D eigenvalue weighted by molar-refractivity contribution is 0.0971. The molecule has 172 valence electrons. The molecule has 0 radical (unpaired) electrons. The molecule has 3 aromatic carbocycles. The number of halogens is 2. The Morgan fingerprint density at radius 1 is 1.03 bits per heavy atom. The van der Waals surface area contributed by atoms with Gasteiger partial charge in [0, 0.05) is 5.69 Å². The van der Waals surface area contributed by atoms with Crippen LogP contribution in [-0.2, 0) is 0 Å². The summed E-state index contributed by atoms with van der Waals surface area (Å²) in [6.07, 6.45) is 0. The van der Waals surface area contributed by atoms with E-state index in [9.17, 15) is 14.0 Å². The largest absolute Gasteiger partial charge is 0.495 e. The minimum absolute atomic E-state index is 0.0611. The van der Waals surface area contributed by atoms with Gasteiger partial charge in [-0.05, 0) is 53.4 Å². The fourth-order valence-electron chi connectivity index (χ4n) is 4.40. The second-order valence-corrected chi connectivity index (χ2v) is 8.94. The third kappa shape index (κ3) is 3.46. The maximum absolute atomic E-state index is 14.0. The Morgan fingerprint density at radius 2 is 1.76 bits per heavy atom. The van der Waals surface area contributed by atoms with Crippen LogP contribution in [0.15, 0.2) is 69.9 Å². The summed E-state index contributed by atoms with van der Waals surface area (Å²) in [4.78, 5) is 28.7. The standard InChI is InChI=1S/C27H21ClFNO4/c1-14(2)15-4-6-16(7-5-15)24-23-25(31)19-12-17(29)8-10-21(19)34-26(23)27(32)30(24)18-9-11-22(33-3)20(28)13-18/h4-14,24H,1-3H3. The van der Waals surface area contributed by atoms with Crippen molar-refractivity contribution in [2.24, 2.45) is 0 Å². The minimum atomic E-state index is -0.767. The van der Waals surface area contributed by atoms with Crippen LogP contribution in [0.2, 0.25) is 5.02 Å². The number of methoxy groups -OCH3 is 1. The van der Waals surface area contributed by atoms with Crippen molar-refractivity contribution in [3.8, 4) is 5.75 Å². The van der Waals surface area contributed by atoms with E-state index in [2.05, 4.69) is 13.8 Å². The Labute approximate surface area is 200 Å². The molecule has 1 amide bonds. The van der Waals surface area contributed by atoms with Gasteiger partial charge in [-0.25, -0.2) is 4.39 Å². The second-order valence-electron chi connectivity index (χ2n) is 8.53. The van der Waals surface area contributed by atoms with Crippen molar-refractivity contribution in [1.82, 2.24) is 0 Å². The average molecular weight is 478 g/mol. The van der Waals surface area contributed by atoms with Gasteiger partial charge < -0.3 is 9.15 Å². The van der Waals surface area contributed by atoms with Crippen LogP contribution in [0.1, 0.15) is 53.1 Å². The summed E-state index contributed by atoms with van der Waals surface area (Å²) in [6, 6.07) is 15.7. The van der Waals surface area contributed by atoms with Gasteiger partial charge in [0.15, 0.2) is 5.43 Å². The molecule has 0 N–H and O–H groups in total. The summed E-state index contributed by atoms with van der Waals surface area (Å²) in [5, 5.41) is 0.411. The quantitative estimate of drug-likeness (QED) is 0.338. The monoisotopic (exact) mass is 477 g/mol. The number of anilines is 1. The molecule has 2 heterocycles. The Hall–Kier alpha value is -3.64. The van der Waals surface area contributed by atoms with Crippen molar-refractivity contribution in [2.45, 2.75) is 25.8 Å². The Balaban J connectivity index is 1.77. The van der Waals surface area contributed by atoms with Crippen molar-refractivity contribution < 1.29 is 18.3 Å². The molecule has 5 nitrogen and oxygen atoms in total. The maximum Gasteiger partial charge on any atom is 0.295 e. The number of carbonyl (C=O) groups is 1. The molecule has 5 rings (SSSR count). The summed E-state index contributed by atoms with van der Waals surface area (Å²) in [6.45, 7) is 4.18.